The van der Waals surface area contributed by atoms with Crippen molar-refractivity contribution < 1.29 is 57.5 Å². The molecule has 0 radical (unpaired) electrons. The molecule has 0 unspecified atom stereocenters. The summed E-state index contributed by atoms with van der Waals surface area (Å²) in [6.07, 6.45) is 7.22. The van der Waals surface area contributed by atoms with Gasteiger partial charge in [-0.2, -0.15) is 0 Å². The Bertz CT molecular complexity index is 4230. The zero-order valence-electron chi connectivity index (χ0n) is 62.6. The molecule has 2 saturated heterocycles. The minimum atomic E-state index is -1.61. The minimum absolute atomic E-state index is 0.0920. The maximum Gasteiger partial charge on any atom is 0.245 e. The van der Waals surface area contributed by atoms with Gasteiger partial charge in [0, 0.05) is 85.9 Å². The number of unbranched alkanes of at least 4 members (excludes halogenated alkanes) is 1. The van der Waals surface area contributed by atoms with Gasteiger partial charge in [-0.05, 0) is 130 Å². The van der Waals surface area contributed by atoms with Crippen LogP contribution in [0.25, 0.3) is 21.8 Å². The predicted octanol–water partition coefficient (Wildman–Crippen LogP) is 1.03. The molecule has 4 aromatic carbocycles. The number of guanidine groups is 1. The smallest absolute Gasteiger partial charge is 0.245 e. The molecule has 0 spiro atoms. The number of benzene rings is 4. The van der Waals surface area contributed by atoms with Crippen LogP contribution in [0, 0.1) is 5.92 Å². The highest BCUT2D eigenvalue weighted by Gasteiger charge is 2.45. The van der Waals surface area contributed by atoms with Crippen molar-refractivity contribution in [2.45, 2.75) is 208 Å². The van der Waals surface area contributed by atoms with E-state index >= 15 is 24.0 Å². The fourth-order valence-corrected chi connectivity index (χ4v) is 14.9. The highest BCUT2D eigenvalue weighted by molar-refractivity contribution is 6.01. The summed E-state index contributed by atoms with van der Waals surface area (Å²) in [6, 6.07) is 19.3. The molecule has 12 amide bonds. The molecule has 2 aromatic heterocycles. The van der Waals surface area contributed by atoms with E-state index in [2.05, 4.69) is 57.5 Å². The second-order valence-corrected chi connectivity index (χ2v) is 29.4. The number of nitrogens with two attached hydrogens (primary N) is 6. The van der Waals surface area contributed by atoms with Gasteiger partial charge in [-0.15, -0.1) is 0 Å². The van der Waals surface area contributed by atoms with Crippen LogP contribution >= 0.6 is 0 Å². The van der Waals surface area contributed by atoms with Crippen molar-refractivity contribution in [2.75, 3.05) is 26.2 Å². The van der Waals surface area contributed by atoms with Gasteiger partial charge in [0.05, 0.1) is 6.04 Å². The number of likely N-dealkylation sites (tertiary alicyclic amines) is 2. The van der Waals surface area contributed by atoms with Gasteiger partial charge >= 0.3 is 0 Å². The van der Waals surface area contributed by atoms with E-state index in [0.29, 0.717) is 104 Å². The zero-order chi connectivity index (χ0) is 79.0. The van der Waals surface area contributed by atoms with Crippen molar-refractivity contribution in [3.63, 3.8) is 0 Å². The molecule has 590 valence electrons. The lowest BCUT2D eigenvalue weighted by molar-refractivity contribution is -0.144. The Morgan fingerprint density at radius 3 is 1.42 bits per heavy atom. The summed E-state index contributed by atoms with van der Waals surface area (Å²) in [4.78, 5) is 187. The number of aromatic nitrogens is 2. The Hall–Kier alpha value is -11.2. The van der Waals surface area contributed by atoms with E-state index in [4.69, 9.17) is 34.4 Å². The average Bonchev–Trinajstić information content (AvgIpc) is 1.63. The number of carbonyl (C=O) groups excluding carboxylic acids is 12. The van der Waals surface area contributed by atoms with Crippen LogP contribution < -0.4 is 76.9 Å². The molecule has 6 aromatic rings. The molecule has 4 heterocycles. The van der Waals surface area contributed by atoms with Crippen molar-refractivity contribution in [3.8, 4) is 0 Å². The van der Waals surface area contributed by atoms with Crippen LogP contribution in [0.5, 0.6) is 0 Å². The van der Waals surface area contributed by atoms with Crippen LogP contribution in [0.3, 0.4) is 0 Å². The summed E-state index contributed by atoms with van der Waals surface area (Å²) in [5.41, 5.74) is 37.2. The summed E-state index contributed by atoms with van der Waals surface area (Å²) in [6.45, 7) is 4.69. The highest BCUT2D eigenvalue weighted by Crippen LogP contribution is 2.31. The number of H-pyrrole nitrogens is 2. The van der Waals surface area contributed by atoms with Crippen LogP contribution in [0.4, 0.5) is 0 Å². The van der Waals surface area contributed by atoms with E-state index in [-0.39, 0.29) is 82.9 Å². The van der Waals surface area contributed by atoms with Crippen molar-refractivity contribution in [1.82, 2.24) is 62.3 Å². The first-order chi connectivity index (χ1) is 52.8. The number of rotatable bonds is 40. The molecule has 9 rings (SSSR count). The number of nitrogens with zero attached hydrogens (tertiary/aromatic N) is 3. The topological polar surface area (TPSA) is 508 Å². The number of aliphatic imine (C=N–C) groups is 1. The Morgan fingerprint density at radius 1 is 0.491 bits per heavy atom. The van der Waals surface area contributed by atoms with E-state index in [0.717, 1.165) is 10.9 Å². The highest BCUT2D eigenvalue weighted by atomic mass is 16.2. The van der Waals surface area contributed by atoms with E-state index in [9.17, 15) is 33.6 Å². The molecule has 1 aliphatic carbocycles. The van der Waals surface area contributed by atoms with Crippen molar-refractivity contribution >= 4 is 98.7 Å². The molecule has 110 heavy (non-hydrogen) atoms. The normalized spacial score (nSPS) is 17.5. The maximum atomic E-state index is 15.5. The van der Waals surface area contributed by atoms with Gasteiger partial charge in [-0.25, -0.2) is 0 Å². The van der Waals surface area contributed by atoms with Gasteiger partial charge in [-0.1, -0.05) is 124 Å². The van der Waals surface area contributed by atoms with Gasteiger partial charge in [-0.3, -0.25) is 62.5 Å². The molecule has 1 saturated carbocycles. The number of primary amides is 2. The summed E-state index contributed by atoms with van der Waals surface area (Å²) in [5.74, 6) is -8.93. The number of hydrogen-bond acceptors (Lipinski definition) is 15. The molecule has 0 bridgehead atoms. The average molecular weight is 1510 g/mol. The first-order valence-corrected chi connectivity index (χ1v) is 38.1. The standard InChI is InChI=1S/C79H107N19O12/c1-47(2)40-59(72(105)96-79(77(83)110)34-14-15-35-79)91-70(103)63(44-51-46-88-56-28-12-10-25-53(51)56)94-69(102)60(41-48-20-5-3-6-21-48)92-71(104)62(43-50-45-87-55-27-11-9-24-52(50)55)93-67(100)57(32-33-66(82)99)89-68(101)61(42-49-22-7-4-8-23-49)95-74(107)65-31-19-39-98(65)76(109)58(29-13-16-36-80)90-73(106)64-30-18-38-97(64)75(108)54(81)26-17-37-86-78(84)85/h3-12,20-25,27-28,45-47,54,57-65,87-88H,13-19,26,29-44,80-81H2,1-2H3,(H2,82,99)(H2,83,110)(H,89,101)(H,90,106)(H,91,103)(H,92,104)(H,93,100)(H,94,102)(H,95,107)(H,96,105)(H4,84,85,86)/t54-,57+,58+,59+,60+,61-,62-,63-,64+,65+/m1/s1. The molecule has 3 fully saturated rings. The summed E-state index contributed by atoms with van der Waals surface area (Å²) >= 11 is 0. The van der Waals surface area contributed by atoms with Crippen LogP contribution in [0.2, 0.25) is 0 Å². The van der Waals surface area contributed by atoms with Crippen molar-refractivity contribution in [2.24, 2.45) is 45.3 Å². The fourth-order valence-electron chi connectivity index (χ4n) is 14.9. The summed E-state index contributed by atoms with van der Waals surface area (Å²) < 4.78 is 0. The van der Waals surface area contributed by atoms with E-state index in [1.807, 2.05) is 56.3 Å². The quantitative estimate of drug-likeness (QED) is 0.0145. The summed E-state index contributed by atoms with van der Waals surface area (Å²) in [5, 5.41) is 24.3. The zero-order valence-corrected chi connectivity index (χ0v) is 62.6. The number of fused-ring (bicyclic) bond motifs is 2. The van der Waals surface area contributed by atoms with Gasteiger partial charge in [0.15, 0.2) is 5.96 Å². The minimum Gasteiger partial charge on any atom is -0.370 e. The van der Waals surface area contributed by atoms with Gasteiger partial charge in [0.25, 0.3) is 0 Å². The monoisotopic (exact) mass is 1510 g/mol. The number of carbonyl (C=O) groups is 12. The molecule has 31 heteroatoms. The van der Waals surface area contributed by atoms with Crippen LogP contribution in [-0.2, 0) is 83.2 Å². The molecule has 10 atom stereocenters. The first-order valence-electron chi connectivity index (χ1n) is 38.1. The second-order valence-electron chi connectivity index (χ2n) is 29.4. The fraction of sp³-hybridized carbons (Fsp3) is 0.481. The van der Waals surface area contributed by atoms with Gasteiger partial charge < -0.3 is 96.7 Å². The van der Waals surface area contributed by atoms with Crippen molar-refractivity contribution in [1.29, 1.82) is 0 Å². The van der Waals surface area contributed by atoms with E-state index < -0.39 is 150 Å². The SMILES string of the molecule is CC(C)C[C@H](NC(=O)[C@@H](Cc1c[nH]c2ccccc12)NC(=O)[C@H](Cc1ccccc1)NC(=O)[C@@H](Cc1c[nH]c2ccccc12)NC(=O)[C@H](CCC(N)=O)NC(=O)[C@@H](Cc1ccccc1)NC(=O)[C@@H]1CCCN1C(=O)[C@H](CCCCN)NC(=O)[C@@H]1CCCN1C(=O)[C@H](N)CCCN=C(N)N)C(=O)NC1(C(N)=O)CCCC1. The van der Waals surface area contributed by atoms with Crippen LogP contribution in [0.15, 0.2) is 127 Å². The van der Waals surface area contributed by atoms with E-state index in [1.165, 1.54) is 9.80 Å². The van der Waals surface area contributed by atoms with Crippen molar-refractivity contribution in [3.05, 3.63) is 144 Å². The van der Waals surface area contributed by atoms with Gasteiger partial charge in [0.1, 0.15) is 59.9 Å². The molecule has 2 aliphatic heterocycles. The third-order valence-corrected chi connectivity index (χ3v) is 20.8. The lowest BCUT2D eigenvalue weighted by Crippen LogP contribution is -2.62. The van der Waals surface area contributed by atoms with Crippen LogP contribution in [-0.4, -0.2) is 189 Å². The van der Waals surface area contributed by atoms with E-state index in [1.54, 1.807) is 79.1 Å². The second kappa shape index (κ2) is 39.8. The Morgan fingerprint density at radius 2 is 0.936 bits per heavy atom. The number of para-hydroxylation sites is 2. The Kier molecular flexibility index (Phi) is 29.9. The molecular weight excluding hydrogens is 1410 g/mol. The predicted molar refractivity (Wildman–Crippen MR) is 414 cm³/mol. The number of hydrogen-bond donors (Lipinski definition) is 16. The number of nitrogens with one attached hydrogen (secondary N) is 10. The third-order valence-electron chi connectivity index (χ3n) is 20.8. The molecule has 3 aliphatic rings. The Balaban J connectivity index is 0.968. The number of amides is 12. The lowest BCUT2D eigenvalue weighted by Gasteiger charge is -2.32. The maximum absolute atomic E-state index is 15.5. The molecular formula is C79H107N19O12. The molecule has 22 N–H and O–H groups in total. The lowest BCUT2D eigenvalue weighted by atomic mass is 9.94. The van der Waals surface area contributed by atoms with Crippen LogP contribution in [0.1, 0.15) is 139 Å². The van der Waals surface area contributed by atoms with Gasteiger partial charge in [0.2, 0.25) is 70.9 Å². The largest absolute Gasteiger partial charge is 0.370 e. The first kappa shape index (κ1) is 82.8. The summed E-state index contributed by atoms with van der Waals surface area (Å²) in [7, 11) is 0. The third kappa shape index (κ3) is 22.7. The molecule has 31 nitrogen and oxygen atoms in total. The Labute approximate surface area is 639 Å². The number of aromatic amines is 2.